The van der Waals surface area contributed by atoms with Gasteiger partial charge in [-0.25, -0.2) is 19.4 Å². The molecule has 0 bridgehead atoms. The summed E-state index contributed by atoms with van der Waals surface area (Å²) < 4.78 is 0. The molecule has 420 valence electrons. The number of nitrogens with one attached hydrogen (secondary N) is 1. The number of ketones is 5. The van der Waals surface area contributed by atoms with E-state index in [-0.39, 0.29) is 80.3 Å². The Morgan fingerprint density at radius 1 is 0.575 bits per heavy atom. The normalized spacial score (nSPS) is 12.3. The summed E-state index contributed by atoms with van der Waals surface area (Å²) in [6.45, 7) is 9.73. The molecule has 0 spiro atoms. The summed E-state index contributed by atoms with van der Waals surface area (Å²) in [6, 6.07) is 6.86. The van der Waals surface area contributed by atoms with Crippen LogP contribution in [0.1, 0.15) is 105 Å². The third kappa shape index (κ3) is 63.2. The second kappa shape index (κ2) is 50.2. The molecule has 73 heavy (non-hydrogen) atoms. The van der Waals surface area contributed by atoms with Gasteiger partial charge in [-0.3, -0.25) is 38.4 Å². The Bertz CT molecular complexity index is 1840. The quantitative estimate of drug-likeness (QED) is 0.0460. The van der Waals surface area contributed by atoms with E-state index >= 15 is 0 Å². The maximum absolute atomic E-state index is 10.6. The highest BCUT2D eigenvalue weighted by Crippen LogP contribution is 2.01. The van der Waals surface area contributed by atoms with Crippen LogP contribution in [0.2, 0.25) is 0 Å². The number of aliphatic carboxylic acids is 5. The Balaban J connectivity index is -0.000000138. The maximum Gasteiger partial charge on any atom is 0.362 e. The van der Waals surface area contributed by atoms with E-state index in [0.717, 1.165) is 30.5 Å². The number of benzene rings is 1. The Kier molecular flexibility index (Phi) is 55.2. The SMILES string of the molecule is C.CC(=O)[C@@H]([NH3+])CC(=O)O.CC(=O)[C@@H]([NH3+])CC(N)=O.CC(=O)[C@@H]([NH3+])CCC(=O)O.CC(=O)[C@@H]([NH3+])CCCCN.CC(=O)[C@H](C)[NH3+].[NH3+]CC(=O)O.[NH3+][C@@H](Cc1ccccc1)C(=O)O.[NH3+][C@@H](Cc1cnc[nH]1)C(=O)O. The lowest BCUT2D eigenvalue weighted by Crippen LogP contribution is -2.66. The number of Topliss-reactive ketones (excluding diaryl/α,β-unsaturated/α-hetero) is 5. The predicted octanol–water partition coefficient (Wildman–Crippen LogP) is -8.19. The third-order valence-electron chi connectivity index (χ3n) is 8.83. The Morgan fingerprint density at radius 3 is 1.25 bits per heavy atom. The maximum atomic E-state index is 10.6. The van der Waals surface area contributed by atoms with Crippen molar-refractivity contribution in [2.75, 3.05) is 13.1 Å². The number of H-pyrrole nitrogens is 1. The van der Waals surface area contributed by atoms with E-state index in [4.69, 9.17) is 37.0 Å². The molecule has 28 nitrogen and oxygen atoms in total. The molecule has 0 aliphatic carbocycles. The predicted molar refractivity (Wildman–Crippen MR) is 261 cm³/mol. The van der Waals surface area contributed by atoms with Crippen LogP contribution in [0.5, 0.6) is 0 Å². The van der Waals surface area contributed by atoms with Crippen LogP contribution in [-0.4, -0.2) is 156 Å². The number of nitrogens with two attached hydrogens (primary N) is 2. The van der Waals surface area contributed by atoms with E-state index in [1.165, 1.54) is 34.0 Å². The molecule has 2 aromatic rings. The van der Waals surface area contributed by atoms with Gasteiger partial charge >= 0.3 is 29.8 Å². The van der Waals surface area contributed by atoms with Gasteiger partial charge in [-0.15, -0.1) is 0 Å². The number of hydrogen-bond acceptors (Lipinski definition) is 13. The minimum absolute atomic E-state index is 0. The average molecular weight is 1060 g/mol. The zero-order valence-electron chi connectivity index (χ0n) is 42.8. The van der Waals surface area contributed by atoms with E-state index < -0.39 is 59.9 Å². The minimum atomic E-state index is -0.981. The van der Waals surface area contributed by atoms with Crippen LogP contribution in [0.4, 0.5) is 0 Å². The zero-order chi connectivity index (χ0) is 57.7. The highest BCUT2D eigenvalue weighted by molar-refractivity contribution is 5.86. The monoisotopic (exact) mass is 1060 g/mol. The van der Waals surface area contributed by atoms with Gasteiger partial charge in [-0.2, -0.15) is 0 Å². The van der Waals surface area contributed by atoms with E-state index in [9.17, 15) is 52.7 Å². The number of primary amides is 1. The van der Waals surface area contributed by atoms with Gasteiger partial charge in [-0.05, 0) is 31.9 Å². The van der Waals surface area contributed by atoms with Crippen LogP contribution in [0.3, 0.4) is 0 Å². The van der Waals surface area contributed by atoms with Crippen molar-refractivity contribution in [3.63, 3.8) is 0 Å². The molecule has 1 aromatic carbocycles. The molecular formula is C45H92N12O16+8. The van der Waals surface area contributed by atoms with Crippen molar-refractivity contribution < 1.29 is 124 Å². The van der Waals surface area contributed by atoms with Gasteiger partial charge in [-0.1, -0.05) is 37.8 Å². The highest BCUT2D eigenvalue weighted by Gasteiger charge is 2.18. The molecule has 28 heteroatoms. The summed E-state index contributed by atoms with van der Waals surface area (Å²) in [5, 5.41) is 41.1. The summed E-state index contributed by atoms with van der Waals surface area (Å²) in [5.41, 5.74) is 39.5. The molecule has 34 N–H and O–H groups in total. The number of carbonyl (C=O) groups excluding carboxylic acids is 6. The second-order valence-corrected chi connectivity index (χ2v) is 15.9. The zero-order valence-corrected chi connectivity index (χ0v) is 42.8. The number of aromatic amines is 1. The lowest BCUT2D eigenvalue weighted by Gasteiger charge is -2.02. The van der Waals surface area contributed by atoms with Crippen molar-refractivity contribution in [1.82, 2.24) is 9.97 Å². The van der Waals surface area contributed by atoms with Crippen molar-refractivity contribution in [1.29, 1.82) is 0 Å². The number of unbranched alkanes of at least 4 members (excludes halogenated alkanes) is 1. The van der Waals surface area contributed by atoms with Crippen LogP contribution in [-0.2, 0) is 65.6 Å². The molecule has 0 saturated heterocycles. The van der Waals surface area contributed by atoms with Crippen LogP contribution in [0, 0.1) is 0 Å². The minimum Gasteiger partial charge on any atom is -0.481 e. The Labute approximate surface area is 425 Å². The smallest absolute Gasteiger partial charge is 0.362 e. The van der Waals surface area contributed by atoms with Crippen molar-refractivity contribution >= 4 is 64.7 Å². The molecule has 1 amide bonds. The van der Waals surface area contributed by atoms with Crippen molar-refractivity contribution in [3.8, 4) is 0 Å². The standard InChI is InChI=1S/C9H11NO2.C7H16N2O.C6H9N3O2.C6H11NO3.C5H10N2O2.C5H9NO3.C4H9NO.C2H5NO2.CH4/c10-8(9(11)12)6-7-4-2-1-3-5-7;1-6(10)7(9)4-2-3-5-8;7-5(6(10)11)1-4-2-8-3-9-4;1-4(8)5(7)2-3-6(9)10;1-3(8)4(6)2-5(7)9;1-3(7)4(6)2-5(8)9;1-3(5)4(2)6;3-1-2(4)5;/h1-5,8H,6,10H2,(H,11,12);7H,2-5,8-9H2,1H3;2-3,5H,1,7H2,(H,8,9)(H,10,11);5H,2-3,7H2,1H3,(H,9,10);4H,2,6H2,1H3,(H2,7,9);4H,2,6H2,1H3,(H,8,9);3H,5H2,1-2H3;1,3H2,(H,4,5);1H4/p+8/t8-;7-;2*5-;2*4-;3-;;/m0000000../s1. The van der Waals surface area contributed by atoms with Gasteiger partial charge in [0.05, 0.1) is 25.6 Å². The van der Waals surface area contributed by atoms with E-state index in [1.807, 2.05) is 30.3 Å². The summed E-state index contributed by atoms with van der Waals surface area (Å²) in [5.74, 6) is -4.95. The first-order chi connectivity index (χ1) is 33.1. The number of rotatable bonds is 23. The lowest BCUT2D eigenvalue weighted by molar-refractivity contribution is -0.407. The molecule has 0 saturated carbocycles. The third-order valence-corrected chi connectivity index (χ3v) is 8.83. The van der Waals surface area contributed by atoms with Gasteiger partial charge < -0.3 is 87.9 Å². The lowest BCUT2D eigenvalue weighted by atomic mass is 10.1. The summed E-state index contributed by atoms with van der Waals surface area (Å²) in [6.07, 6.45) is 7.15. The molecule has 0 aliphatic heterocycles. The number of carboxylic acids is 5. The van der Waals surface area contributed by atoms with Gasteiger partial charge in [0, 0.05) is 65.8 Å². The molecule has 2 rings (SSSR count). The molecule has 0 radical (unpaired) electrons. The first-order valence-corrected chi connectivity index (χ1v) is 22.3. The fourth-order valence-corrected chi connectivity index (χ4v) is 3.72. The number of carboxylic acid groups (broad SMARTS) is 5. The van der Waals surface area contributed by atoms with Crippen LogP contribution in [0.25, 0.3) is 0 Å². The van der Waals surface area contributed by atoms with Crippen molar-refractivity contribution in [3.05, 3.63) is 54.1 Å². The Hall–Kier alpha value is -6.76. The number of hydrogen-bond donors (Lipinski definition) is 16. The fraction of sp³-hybridized carbons (Fsp3) is 0.556. The van der Waals surface area contributed by atoms with Crippen LogP contribution >= 0.6 is 0 Å². The van der Waals surface area contributed by atoms with Crippen molar-refractivity contribution in [2.24, 2.45) is 11.5 Å². The van der Waals surface area contributed by atoms with Crippen LogP contribution in [0.15, 0.2) is 42.9 Å². The molecule has 0 unspecified atom stereocenters. The summed E-state index contributed by atoms with van der Waals surface area (Å²) in [7, 11) is 0. The molecule has 1 aromatic heterocycles. The van der Waals surface area contributed by atoms with E-state index in [1.54, 1.807) is 20.0 Å². The second-order valence-electron chi connectivity index (χ2n) is 15.9. The summed E-state index contributed by atoms with van der Waals surface area (Å²) >= 11 is 0. The molecule has 0 aliphatic rings. The van der Waals surface area contributed by atoms with Crippen molar-refractivity contribution in [2.45, 2.75) is 149 Å². The number of nitrogens with zero attached hydrogens (tertiary/aromatic N) is 1. The molecule has 0 fully saturated rings. The Morgan fingerprint density at radius 2 is 0.973 bits per heavy atom. The average Bonchev–Trinajstić information content (AvgIpc) is 3.80. The fourth-order valence-electron chi connectivity index (χ4n) is 3.72. The number of amides is 1. The van der Waals surface area contributed by atoms with Gasteiger partial charge in [0.15, 0.2) is 59.6 Å². The highest BCUT2D eigenvalue weighted by atomic mass is 16.4. The number of quaternary nitrogens is 8. The first kappa shape index (κ1) is 80.3. The summed E-state index contributed by atoms with van der Waals surface area (Å²) in [4.78, 5) is 119. The molecular weight excluding hydrogens is 965 g/mol. The number of imidazole rings is 1. The number of aromatic nitrogens is 2. The number of carbonyl (C=O) groups is 11. The topological polar surface area (TPSA) is 591 Å². The molecule has 1 heterocycles. The van der Waals surface area contributed by atoms with Gasteiger partial charge in [0.25, 0.3) is 0 Å². The van der Waals surface area contributed by atoms with Gasteiger partial charge in [0.1, 0.15) is 24.5 Å². The molecule has 7 atom stereocenters. The largest absolute Gasteiger partial charge is 0.481 e. The van der Waals surface area contributed by atoms with Gasteiger partial charge in [0.2, 0.25) is 5.91 Å². The van der Waals surface area contributed by atoms with E-state index in [0.29, 0.717) is 25.8 Å². The first-order valence-electron chi connectivity index (χ1n) is 22.3. The van der Waals surface area contributed by atoms with E-state index in [2.05, 4.69) is 55.8 Å². The van der Waals surface area contributed by atoms with Crippen LogP contribution < -0.4 is 57.3 Å².